The molecule has 11 heavy (non-hydrogen) atoms. The molecule has 3 nitrogen and oxygen atoms in total. The Morgan fingerprint density at radius 3 is 2.64 bits per heavy atom. The maximum absolute atomic E-state index is 11.1. The summed E-state index contributed by atoms with van der Waals surface area (Å²) in [6, 6.07) is 0.307. The molecule has 1 heterocycles. The van der Waals surface area contributed by atoms with E-state index in [1.807, 2.05) is 0 Å². The minimum absolute atomic E-state index is 0.138. The van der Waals surface area contributed by atoms with Crippen LogP contribution in [0.3, 0.4) is 0 Å². The Hall–Kier alpha value is -0.860. The van der Waals surface area contributed by atoms with Crippen LogP contribution in [0.25, 0.3) is 0 Å². The van der Waals surface area contributed by atoms with E-state index < -0.39 is 0 Å². The van der Waals surface area contributed by atoms with Gasteiger partial charge in [-0.1, -0.05) is 13.8 Å². The number of hydrazone groups is 1. The number of hydrogen-bond acceptors (Lipinski definition) is 2. The standard InChI is InChI=1S/C8H14N2O/c1-3-7(4-2)10-8(11)5-6-9-10/h6-7H,3-5H2,1-2H3. The van der Waals surface area contributed by atoms with Gasteiger partial charge in [-0.2, -0.15) is 5.10 Å². The van der Waals surface area contributed by atoms with Gasteiger partial charge in [-0.25, -0.2) is 5.01 Å². The average molecular weight is 154 g/mol. The maximum atomic E-state index is 11.1. The predicted octanol–water partition coefficient (Wildman–Crippen LogP) is 1.39. The van der Waals surface area contributed by atoms with Gasteiger partial charge in [-0.15, -0.1) is 0 Å². The van der Waals surface area contributed by atoms with Crippen molar-refractivity contribution in [1.82, 2.24) is 5.01 Å². The van der Waals surface area contributed by atoms with Gasteiger partial charge in [0.15, 0.2) is 0 Å². The molecular weight excluding hydrogens is 140 g/mol. The normalized spacial score (nSPS) is 17.0. The first-order valence-electron chi connectivity index (χ1n) is 4.14. The smallest absolute Gasteiger partial charge is 0.248 e. The molecule has 0 aromatic heterocycles. The fraction of sp³-hybridized carbons (Fsp3) is 0.750. The summed E-state index contributed by atoms with van der Waals surface area (Å²) in [4.78, 5) is 11.1. The number of hydrogen-bond donors (Lipinski definition) is 0. The van der Waals surface area contributed by atoms with Gasteiger partial charge in [-0.05, 0) is 12.8 Å². The van der Waals surface area contributed by atoms with Crippen LogP contribution in [0.1, 0.15) is 33.1 Å². The SMILES string of the molecule is CCC(CC)N1N=CCC1=O. The summed E-state index contributed by atoms with van der Waals surface area (Å²) in [6.07, 6.45) is 4.14. The van der Waals surface area contributed by atoms with Crippen molar-refractivity contribution in [3.8, 4) is 0 Å². The topological polar surface area (TPSA) is 32.7 Å². The predicted molar refractivity (Wildman–Crippen MR) is 44.3 cm³/mol. The molecule has 3 heteroatoms. The molecule has 0 unspecified atom stereocenters. The number of carbonyl (C=O) groups is 1. The quantitative estimate of drug-likeness (QED) is 0.604. The molecule has 1 rings (SSSR count). The van der Waals surface area contributed by atoms with E-state index >= 15 is 0 Å². The Kier molecular flexibility index (Phi) is 2.63. The summed E-state index contributed by atoms with van der Waals surface area (Å²) in [6.45, 7) is 4.16. The zero-order valence-electron chi connectivity index (χ0n) is 7.08. The molecule has 0 atom stereocenters. The van der Waals surface area contributed by atoms with Gasteiger partial charge in [0.1, 0.15) is 0 Å². The Balaban J connectivity index is 2.57. The second-order valence-corrected chi connectivity index (χ2v) is 2.71. The first-order valence-corrected chi connectivity index (χ1v) is 4.14. The molecular formula is C8H14N2O. The number of rotatable bonds is 3. The van der Waals surface area contributed by atoms with Gasteiger partial charge in [-0.3, -0.25) is 4.79 Å². The van der Waals surface area contributed by atoms with Crippen molar-refractivity contribution in [2.75, 3.05) is 0 Å². The van der Waals surface area contributed by atoms with Crippen LogP contribution >= 0.6 is 0 Å². The van der Waals surface area contributed by atoms with E-state index in [1.165, 1.54) is 0 Å². The van der Waals surface area contributed by atoms with E-state index in [1.54, 1.807) is 11.2 Å². The molecule has 62 valence electrons. The first kappa shape index (κ1) is 8.24. The maximum Gasteiger partial charge on any atom is 0.248 e. The van der Waals surface area contributed by atoms with Crippen molar-refractivity contribution in [2.24, 2.45) is 5.10 Å². The third kappa shape index (κ3) is 1.59. The van der Waals surface area contributed by atoms with Gasteiger partial charge in [0.2, 0.25) is 5.91 Å². The van der Waals surface area contributed by atoms with Crippen molar-refractivity contribution < 1.29 is 4.79 Å². The van der Waals surface area contributed by atoms with Gasteiger partial charge in [0.25, 0.3) is 0 Å². The van der Waals surface area contributed by atoms with Gasteiger partial charge >= 0.3 is 0 Å². The lowest BCUT2D eigenvalue weighted by molar-refractivity contribution is -0.130. The lowest BCUT2D eigenvalue weighted by atomic mass is 10.1. The molecule has 1 amide bonds. The second kappa shape index (κ2) is 3.51. The summed E-state index contributed by atoms with van der Waals surface area (Å²) >= 11 is 0. The average Bonchev–Trinajstić information content (AvgIpc) is 2.40. The summed E-state index contributed by atoms with van der Waals surface area (Å²) < 4.78 is 0. The lowest BCUT2D eigenvalue weighted by Gasteiger charge is -2.21. The van der Waals surface area contributed by atoms with Crippen LogP contribution in [-0.2, 0) is 4.79 Å². The van der Waals surface area contributed by atoms with E-state index in [0.717, 1.165) is 12.8 Å². The van der Waals surface area contributed by atoms with Crippen molar-refractivity contribution in [1.29, 1.82) is 0 Å². The van der Waals surface area contributed by atoms with Crippen LogP contribution in [0.15, 0.2) is 5.10 Å². The molecule has 1 aliphatic heterocycles. The Morgan fingerprint density at radius 1 is 1.64 bits per heavy atom. The van der Waals surface area contributed by atoms with Crippen molar-refractivity contribution in [3.05, 3.63) is 0 Å². The third-order valence-electron chi connectivity index (χ3n) is 2.02. The highest BCUT2D eigenvalue weighted by Gasteiger charge is 2.22. The molecule has 0 aromatic carbocycles. The lowest BCUT2D eigenvalue weighted by Crippen LogP contribution is -2.31. The monoisotopic (exact) mass is 154 g/mol. The molecule has 0 radical (unpaired) electrons. The number of amides is 1. The Morgan fingerprint density at radius 2 is 2.27 bits per heavy atom. The molecule has 0 aromatic rings. The van der Waals surface area contributed by atoms with E-state index in [0.29, 0.717) is 12.5 Å². The highest BCUT2D eigenvalue weighted by atomic mass is 16.2. The Labute approximate surface area is 67.1 Å². The van der Waals surface area contributed by atoms with E-state index in [9.17, 15) is 4.79 Å². The minimum Gasteiger partial charge on any atom is -0.273 e. The number of nitrogens with zero attached hydrogens (tertiary/aromatic N) is 2. The van der Waals surface area contributed by atoms with Crippen molar-refractivity contribution in [3.63, 3.8) is 0 Å². The zero-order valence-corrected chi connectivity index (χ0v) is 7.08. The van der Waals surface area contributed by atoms with Gasteiger partial charge in [0, 0.05) is 6.21 Å². The zero-order chi connectivity index (χ0) is 8.27. The van der Waals surface area contributed by atoms with E-state index in [4.69, 9.17) is 0 Å². The van der Waals surface area contributed by atoms with Crippen LogP contribution < -0.4 is 0 Å². The van der Waals surface area contributed by atoms with Crippen molar-refractivity contribution >= 4 is 12.1 Å². The molecule has 0 aliphatic carbocycles. The highest BCUT2D eigenvalue weighted by Crippen LogP contribution is 2.13. The molecule has 0 N–H and O–H groups in total. The molecule has 0 saturated carbocycles. The van der Waals surface area contributed by atoms with Crippen LogP contribution in [-0.4, -0.2) is 23.2 Å². The molecule has 0 fully saturated rings. The molecule has 1 aliphatic rings. The van der Waals surface area contributed by atoms with Crippen LogP contribution in [0.5, 0.6) is 0 Å². The fourth-order valence-corrected chi connectivity index (χ4v) is 1.30. The van der Waals surface area contributed by atoms with Crippen LogP contribution in [0.4, 0.5) is 0 Å². The largest absolute Gasteiger partial charge is 0.273 e. The minimum atomic E-state index is 0.138. The van der Waals surface area contributed by atoms with Crippen LogP contribution in [0.2, 0.25) is 0 Å². The van der Waals surface area contributed by atoms with Crippen LogP contribution in [0, 0.1) is 0 Å². The summed E-state index contributed by atoms with van der Waals surface area (Å²) in [5.74, 6) is 0.138. The van der Waals surface area contributed by atoms with Gasteiger partial charge in [0.05, 0.1) is 12.5 Å². The molecule has 0 spiro atoms. The summed E-state index contributed by atoms with van der Waals surface area (Å²) in [7, 11) is 0. The van der Waals surface area contributed by atoms with Crippen molar-refractivity contribution in [2.45, 2.75) is 39.2 Å². The molecule has 0 bridgehead atoms. The summed E-state index contributed by atoms with van der Waals surface area (Å²) in [5.41, 5.74) is 0. The number of carbonyl (C=O) groups excluding carboxylic acids is 1. The third-order valence-corrected chi connectivity index (χ3v) is 2.02. The van der Waals surface area contributed by atoms with Gasteiger partial charge < -0.3 is 0 Å². The second-order valence-electron chi connectivity index (χ2n) is 2.71. The molecule has 0 saturated heterocycles. The van der Waals surface area contributed by atoms with E-state index in [-0.39, 0.29) is 5.91 Å². The fourth-order valence-electron chi connectivity index (χ4n) is 1.30. The highest BCUT2D eigenvalue weighted by molar-refractivity contribution is 5.93. The Bertz CT molecular complexity index is 173. The van der Waals surface area contributed by atoms with E-state index in [2.05, 4.69) is 18.9 Å². The summed E-state index contributed by atoms with van der Waals surface area (Å²) in [5, 5.41) is 5.63. The first-order chi connectivity index (χ1) is 5.29.